The van der Waals surface area contributed by atoms with Crippen molar-refractivity contribution in [3.8, 4) is 0 Å². The van der Waals surface area contributed by atoms with Gasteiger partial charge >= 0.3 is 0 Å². The summed E-state index contributed by atoms with van der Waals surface area (Å²) in [5, 5.41) is 4.48. The Morgan fingerprint density at radius 1 is 1.31 bits per heavy atom. The van der Waals surface area contributed by atoms with Crippen molar-refractivity contribution in [2.45, 2.75) is 44.1 Å². The monoisotopic (exact) mass is 364 g/mol. The maximum atomic E-state index is 6.24. The molecule has 0 aromatic heterocycles. The molecule has 0 aliphatic carbocycles. The molecule has 26 heavy (non-hydrogen) atoms. The Bertz CT molecular complexity index is 886. The molecule has 2 nitrogen and oxygen atoms in total. The summed E-state index contributed by atoms with van der Waals surface area (Å²) in [6.07, 6.45) is 4.19. The summed E-state index contributed by atoms with van der Waals surface area (Å²) < 4.78 is 0. The third-order valence-electron chi connectivity index (χ3n) is 5.99. The average Bonchev–Trinajstić information content (AvgIpc) is 3.00. The Labute approximate surface area is 161 Å². The molecule has 2 heterocycles. The van der Waals surface area contributed by atoms with E-state index < -0.39 is 0 Å². The van der Waals surface area contributed by atoms with Gasteiger partial charge in [-0.3, -0.25) is 4.99 Å². The fourth-order valence-electron chi connectivity index (χ4n) is 4.73. The summed E-state index contributed by atoms with van der Waals surface area (Å²) >= 11 is 6.24. The predicted molar refractivity (Wildman–Crippen MR) is 111 cm³/mol. The molecule has 0 amide bonds. The van der Waals surface area contributed by atoms with Gasteiger partial charge in [-0.15, -0.1) is 0 Å². The maximum Gasteiger partial charge on any atom is 0.0683 e. The highest BCUT2D eigenvalue weighted by molar-refractivity contribution is 6.31. The highest BCUT2D eigenvalue weighted by Gasteiger charge is 2.52. The van der Waals surface area contributed by atoms with Gasteiger partial charge in [-0.05, 0) is 49.6 Å². The number of benzene rings is 2. The van der Waals surface area contributed by atoms with Crippen LogP contribution in [0, 0.1) is 6.92 Å². The van der Waals surface area contributed by atoms with Gasteiger partial charge in [-0.2, -0.15) is 0 Å². The summed E-state index contributed by atoms with van der Waals surface area (Å²) in [7, 11) is 0. The van der Waals surface area contributed by atoms with E-state index in [4.69, 9.17) is 16.6 Å². The zero-order valence-corrected chi connectivity index (χ0v) is 16.2. The van der Waals surface area contributed by atoms with Crippen molar-refractivity contribution in [3.05, 3.63) is 76.3 Å². The fraction of sp³-hybridized carbons (Fsp3) is 0.348. The molecule has 3 atom stereocenters. The van der Waals surface area contributed by atoms with E-state index in [2.05, 4.69) is 62.3 Å². The van der Waals surface area contributed by atoms with Crippen molar-refractivity contribution in [1.82, 2.24) is 5.32 Å². The van der Waals surface area contributed by atoms with Crippen molar-refractivity contribution in [1.29, 1.82) is 0 Å². The van der Waals surface area contributed by atoms with E-state index in [-0.39, 0.29) is 11.5 Å². The first-order valence-corrected chi connectivity index (χ1v) is 9.77. The lowest BCUT2D eigenvalue weighted by Gasteiger charge is -2.48. The van der Waals surface area contributed by atoms with Gasteiger partial charge < -0.3 is 5.32 Å². The largest absolute Gasteiger partial charge is 0.309 e. The Morgan fingerprint density at radius 3 is 2.92 bits per heavy atom. The van der Waals surface area contributed by atoms with Gasteiger partial charge in [0.15, 0.2) is 0 Å². The van der Waals surface area contributed by atoms with Crippen LogP contribution in [-0.2, 0) is 5.41 Å². The summed E-state index contributed by atoms with van der Waals surface area (Å²) in [5.41, 5.74) is 5.96. The SMILES string of the molecule is C=C(CC)[C@H]1NCC[C@@H](c2cccc(C)c2)[C@]12C=Nc1cc(Cl)ccc12. The number of rotatable bonds is 3. The number of halogens is 1. The van der Waals surface area contributed by atoms with E-state index in [1.807, 2.05) is 12.1 Å². The summed E-state index contributed by atoms with van der Waals surface area (Å²) in [5.74, 6) is 0.364. The number of fused-ring (bicyclic) bond motifs is 2. The first-order chi connectivity index (χ1) is 12.6. The van der Waals surface area contributed by atoms with Gasteiger partial charge in [0, 0.05) is 23.2 Å². The highest BCUT2D eigenvalue weighted by Crippen LogP contribution is 2.53. The molecule has 4 rings (SSSR count). The van der Waals surface area contributed by atoms with Crippen LogP contribution in [0.3, 0.4) is 0 Å². The molecule has 1 spiro atoms. The molecule has 134 valence electrons. The second-order valence-corrected chi connectivity index (χ2v) is 7.94. The molecule has 3 heteroatoms. The molecule has 0 radical (unpaired) electrons. The van der Waals surface area contributed by atoms with Crippen LogP contribution >= 0.6 is 11.6 Å². The third kappa shape index (κ3) is 2.64. The first kappa shape index (κ1) is 17.5. The number of aliphatic imine (C=N–C) groups is 1. The number of nitrogens with one attached hydrogen (secondary N) is 1. The van der Waals surface area contributed by atoms with Crippen LogP contribution in [0.5, 0.6) is 0 Å². The normalized spacial score (nSPS) is 26.9. The van der Waals surface area contributed by atoms with E-state index in [1.165, 1.54) is 22.3 Å². The van der Waals surface area contributed by atoms with Crippen molar-refractivity contribution in [2.24, 2.45) is 4.99 Å². The molecule has 2 aromatic carbocycles. The summed E-state index contributed by atoms with van der Waals surface area (Å²) in [4.78, 5) is 4.81. The lowest BCUT2D eigenvalue weighted by atomic mass is 9.60. The minimum atomic E-state index is -0.209. The standard InChI is InChI=1S/C23H25ClN2/c1-4-16(3)22-23(14-26-21-13-18(24)8-9-20(21)23)19(10-11-25-22)17-7-5-6-15(2)12-17/h5-9,12-14,19,22,25H,3-4,10-11H2,1-2H3/t19-,22+,23-/m0/s1. The zero-order valence-electron chi connectivity index (χ0n) is 15.4. The smallest absolute Gasteiger partial charge is 0.0683 e. The number of piperidine rings is 1. The van der Waals surface area contributed by atoms with E-state index in [0.29, 0.717) is 5.92 Å². The number of nitrogens with zero attached hydrogens (tertiary/aromatic N) is 1. The summed E-state index contributed by atoms with van der Waals surface area (Å²) in [6, 6.07) is 15.2. The summed E-state index contributed by atoms with van der Waals surface area (Å²) in [6.45, 7) is 9.73. The van der Waals surface area contributed by atoms with E-state index >= 15 is 0 Å². The number of hydrogen-bond acceptors (Lipinski definition) is 2. The molecular weight excluding hydrogens is 340 g/mol. The number of aryl methyl sites for hydroxylation is 1. The molecule has 0 saturated carbocycles. The van der Waals surface area contributed by atoms with Gasteiger partial charge in [-0.25, -0.2) is 0 Å². The first-order valence-electron chi connectivity index (χ1n) is 9.39. The Kier molecular flexibility index (Phi) is 4.50. The van der Waals surface area contributed by atoms with Crippen LogP contribution in [0.15, 0.2) is 59.6 Å². The van der Waals surface area contributed by atoms with E-state index in [1.54, 1.807) is 0 Å². The molecule has 0 unspecified atom stereocenters. The van der Waals surface area contributed by atoms with Crippen molar-refractivity contribution in [2.75, 3.05) is 6.54 Å². The van der Waals surface area contributed by atoms with Crippen molar-refractivity contribution >= 4 is 23.5 Å². The van der Waals surface area contributed by atoms with Gasteiger partial charge in [0.2, 0.25) is 0 Å². The second-order valence-electron chi connectivity index (χ2n) is 7.51. The molecule has 2 aliphatic rings. The molecule has 2 aliphatic heterocycles. The van der Waals surface area contributed by atoms with Crippen LogP contribution in [0.25, 0.3) is 0 Å². The molecule has 1 saturated heterocycles. The predicted octanol–water partition coefficient (Wildman–Crippen LogP) is 5.71. The molecule has 1 fully saturated rings. The van der Waals surface area contributed by atoms with E-state index in [0.717, 1.165) is 30.1 Å². The van der Waals surface area contributed by atoms with Gasteiger partial charge in [0.25, 0.3) is 0 Å². The second kappa shape index (κ2) is 6.68. The molecule has 1 N–H and O–H groups in total. The molecule has 0 bridgehead atoms. The van der Waals surface area contributed by atoms with Gasteiger partial charge in [0.05, 0.1) is 11.1 Å². The van der Waals surface area contributed by atoms with Crippen LogP contribution in [0.4, 0.5) is 5.69 Å². The fourth-order valence-corrected chi connectivity index (χ4v) is 4.89. The number of hydrogen-bond donors (Lipinski definition) is 1. The molecule has 2 aromatic rings. The Balaban J connectivity index is 1.92. The maximum absolute atomic E-state index is 6.24. The van der Waals surface area contributed by atoms with Crippen LogP contribution < -0.4 is 5.32 Å². The van der Waals surface area contributed by atoms with Crippen LogP contribution in [-0.4, -0.2) is 18.8 Å². The lowest BCUT2D eigenvalue weighted by molar-refractivity contribution is 0.291. The van der Waals surface area contributed by atoms with Gasteiger partial charge in [-0.1, -0.05) is 66.6 Å². The topological polar surface area (TPSA) is 24.4 Å². The van der Waals surface area contributed by atoms with E-state index in [9.17, 15) is 0 Å². The molecular formula is C23H25ClN2. The quantitative estimate of drug-likeness (QED) is 0.692. The highest BCUT2D eigenvalue weighted by atomic mass is 35.5. The Hall–Kier alpha value is -1.90. The van der Waals surface area contributed by atoms with Crippen molar-refractivity contribution < 1.29 is 0 Å². The average molecular weight is 365 g/mol. The lowest BCUT2D eigenvalue weighted by Crippen LogP contribution is -2.57. The van der Waals surface area contributed by atoms with Crippen molar-refractivity contribution in [3.63, 3.8) is 0 Å². The van der Waals surface area contributed by atoms with Crippen LogP contribution in [0.1, 0.15) is 42.4 Å². The third-order valence-corrected chi connectivity index (χ3v) is 6.22. The Morgan fingerprint density at radius 2 is 2.15 bits per heavy atom. The zero-order chi connectivity index (χ0) is 18.3. The van der Waals surface area contributed by atoms with Gasteiger partial charge in [0.1, 0.15) is 0 Å². The van der Waals surface area contributed by atoms with Crippen LogP contribution in [0.2, 0.25) is 5.02 Å². The minimum absolute atomic E-state index is 0.179. The minimum Gasteiger partial charge on any atom is -0.309 e.